The van der Waals surface area contributed by atoms with Crippen LogP contribution in [0.2, 0.25) is 0 Å². The zero-order chi connectivity index (χ0) is 21.9. The number of halogens is 3. The number of benzene rings is 2. The average Bonchev–Trinajstić information content (AvgIpc) is 2.67. The minimum absolute atomic E-state index is 0.186. The molecule has 3 rings (SSSR count). The molecule has 164 valence electrons. The van der Waals surface area contributed by atoms with Gasteiger partial charge in [0.2, 0.25) is 0 Å². The van der Waals surface area contributed by atoms with E-state index in [9.17, 15) is 21.6 Å². The van der Waals surface area contributed by atoms with E-state index in [1.165, 1.54) is 0 Å². The lowest BCUT2D eigenvalue weighted by Gasteiger charge is -2.35. The Morgan fingerprint density at radius 2 is 1.63 bits per heavy atom. The van der Waals surface area contributed by atoms with E-state index >= 15 is 0 Å². The fourth-order valence-electron chi connectivity index (χ4n) is 3.08. The van der Waals surface area contributed by atoms with Crippen LogP contribution in [0.25, 0.3) is 0 Å². The zero-order valence-corrected chi connectivity index (χ0v) is 17.3. The first-order valence-electron chi connectivity index (χ1n) is 9.07. The van der Waals surface area contributed by atoms with Crippen LogP contribution in [-0.4, -0.2) is 60.0 Å². The summed E-state index contributed by atoms with van der Waals surface area (Å²) in [5, 5.41) is 0. The molecule has 2 aromatic carbocycles. The van der Waals surface area contributed by atoms with Crippen LogP contribution in [0.3, 0.4) is 0 Å². The van der Waals surface area contributed by atoms with Gasteiger partial charge < -0.3 is 19.3 Å². The molecule has 1 aliphatic rings. The Hall–Kier alpha value is -2.66. The van der Waals surface area contributed by atoms with E-state index in [0.717, 1.165) is 56.1 Å². The van der Waals surface area contributed by atoms with Gasteiger partial charge in [-0.3, -0.25) is 4.72 Å². The molecule has 0 saturated carbocycles. The monoisotopic (exact) mass is 445 g/mol. The number of rotatable bonds is 6. The van der Waals surface area contributed by atoms with Gasteiger partial charge in [0, 0.05) is 26.2 Å². The highest BCUT2D eigenvalue weighted by atomic mass is 32.2. The predicted octanol–water partition coefficient (Wildman–Crippen LogP) is 3.15. The van der Waals surface area contributed by atoms with E-state index in [1.54, 1.807) is 25.3 Å². The quantitative estimate of drug-likeness (QED) is 0.737. The number of nitrogens with zero attached hydrogens (tertiary/aromatic N) is 2. The molecule has 30 heavy (non-hydrogen) atoms. The Kier molecular flexibility index (Phi) is 6.32. The third kappa shape index (κ3) is 5.48. The SMILES string of the molecule is COc1ccc(NS(=O)(=O)c2ccc(OC(F)(F)F)cc2)cc1N1CCN(C)CC1. The Morgan fingerprint density at radius 3 is 2.20 bits per heavy atom. The van der Waals surface area contributed by atoms with Crippen molar-refractivity contribution in [1.82, 2.24) is 4.90 Å². The lowest BCUT2D eigenvalue weighted by Crippen LogP contribution is -2.44. The highest BCUT2D eigenvalue weighted by molar-refractivity contribution is 7.92. The number of piperazine rings is 1. The third-order valence-corrected chi connectivity index (χ3v) is 6.04. The van der Waals surface area contributed by atoms with Crippen molar-refractivity contribution >= 4 is 21.4 Å². The summed E-state index contributed by atoms with van der Waals surface area (Å²) in [6.45, 7) is 3.27. The molecule has 11 heteroatoms. The van der Waals surface area contributed by atoms with E-state index in [0.29, 0.717) is 11.4 Å². The second-order valence-corrected chi connectivity index (χ2v) is 8.48. The van der Waals surface area contributed by atoms with Gasteiger partial charge in [0.15, 0.2) is 0 Å². The van der Waals surface area contributed by atoms with Gasteiger partial charge in [-0.05, 0) is 49.5 Å². The van der Waals surface area contributed by atoms with Gasteiger partial charge in [0.25, 0.3) is 10.0 Å². The molecule has 0 amide bonds. The molecule has 7 nitrogen and oxygen atoms in total. The standard InChI is InChI=1S/C19H22F3N3O4S/c1-24-9-11-25(12-10-24)17-13-14(3-8-18(17)28-2)23-30(26,27)16-6-4-15(5-7-16)29-19(20,21)22/h3-8,13,23H,9-12H2,1-2H3. The average molecular weight is 445 g/mol. The smallest absolute Gasteiger partial charge is 0.495 e. The fourth-order valence-corrected chi connectivity index (χ4v) is 4.13. The number of likely N-dealkylation sites (N-methyl/N-ethyl adjacent to an activating group) is 1. The van der Waals surface area contributed by atoms with Crippen LogP contribution in [0, 0.1) is 0 Å². The lowest BCUT2D eigenvalue weighted by atomic mass is 10.2. The Labute approximate surface area is 173 Å². The van der Waals surface area contributed by atoms with E-state index < -0.39 is 22.1 Å². The van der Waals surface area contributed by atoms with E-state index in [1.807, 2.05) is 7.05 Å². The Morgan fingerprint density at radius 1 is 1.00 bits per heavy atom. The summed E-state index contributed by atoms with van der Waals surface area (Å²) in [4.78, 5) is 4.12. The van der Waals surface area contributed by atoms with Gasteiger partial charge in [0.1, 0.15) is 11.5 Å². The molecule has 1 saturated heterocycles. The summed E-state index contributed by atoms with van der Waals surface area (Å²) < 4.78 is 73.8. The van der Waals surface area contributed by atoms with E-state index in [2.05, 4.69) is 19.3 Å². The van der Waals surface area contributed by atoms with Gasteiger partial charge in [-0.2, -0.15) is 0 Å². The van der Waals surface area contributed by atoms with Crippen LogP contribution < -0.4 is 19.1 Å². The molecule has 0 unspecified atom stereocenters. The van der Waals surface area contributed by atoms with Gasteiger partial charge in [-0.1, -0.05) is 0 Å². The van der Waals surface area contributed by atoms with Crippen molar-refractivity contribution in [3.63, 3.8) is 0 Å². The number of sulfonamides is 1. The molecule has 1 heterocycles. The molecule has 0 radical (unpaired) electrons. The highest BCUT2D eigenvalue weighted by Gasteiger charge is 2.31. The predicted molar refractivity (Wildman–Crippen MR) is 107 cm³/mol. The maximum atomic E-state index is 12.7. The second kappa shape index (κ2) is 8.60. The molecule has 1 fully saturated rings. The normalized spacial score (nSPS) is 15.7. The summed E-state index contributed by atoms with van der Waals surface area (Å²) in [5.41, 5.74) is 1.08. The van der Waals surface area contributed by atoms with Crippen molar-refractivity contribution in [1.29, 1.82) is 0 Å². The largest absolute Gasteiger partial charge is 0.573 e. The van der Waals surface area contributed by atoms with E-state index in [4.69, 9.17) is 4.74 Å². The van der Waals surface area contributed by atoms with Crippen molar-refractivity contribution < 1.29 is 31.1 Å². The topological polar surface area (TPSA) is 71.1 Å². The van der Waals surface area contributed by atoms with Crippen LogP contribution >= 0.6 is 0 Å². The maximum absolute atomic E-state index is 12.7. The molecular formula is C19H22F3N3O4S. The minimum atomic E-state index is -4.85. The molecular weight excluding hydrogens is 423 g/mol. The van der Waals surface area contributed by atoms with Crippen molar-refractivity contribution in [2.45, 2.75) is 11.3 Å². The van der Waals surface area contributed by atoms with E-state index in [-0.39, 0.29) is 4.90 Å². The lowest BCUT2D eigenvalue weighted by molar-refractivity contribution is -0.274. The Bertz CT molecular complexity index is 974. The van der Waals surface area contributed by atoms with Crippen LogP contribution in [0.15, 0.2) is 47.4 Å². The zero-order valence-electron chi connectivity index (χ0n) is 16.4. The first-order valence-corrected chi connectivity index (χ1v) is 10.6. The molecule has 2 aromatic rings. The molecule has 0 atom stereocenters. The van der Waals surface area contributed by atoms with Crippen LogP contribution in [-0.2, 0) is 10.0 Å². The van der Waals surface area contributed by atoms with Crippen molar-refractivity contribution in [3.05, 3.63) is 42.5 Å². The van der Waals surface area contributed by atoms with Crippen LogP contribution in [0.5, 0.6) is 11.5 Å². The first kappa shape index (κ1) is 22.0. The molecule has 1 aliphatic heterocycles. The number of ether oxygens (including phenoxy) is 2. The number of nitrogens with one attached hydrogen (secondary N) is 1. The summed E-state index contributed by atoms with van der Waals surface area (Å²) >= 11 is 0. The summed E-state index contributed by atoms with van der Waals surface area (Å²) in [6, 6.07) is 8.92. The molecule has 0 aromatic heterocycles. The third-order valence-electron chi connectivity index (χ3n) is 4.64. The molecule has 0 bridgehead atoms. The van der Waals surface area contributed by atoms with Crippen LogP contribution in [0.4, 0.5) is 24.5 Å². The van der Waals surface area contributed by atoms with Crippen LogP contribution in [0.1, 0.15) is 0 Å². The summed E-state index contributed by atoms with van der Waals surface area (Å²) in [6.07, 6.45) is -4.85. The maximum Gasteiger partial charge on any atom is 0.573 e. The fraction of sp³-hybridized carbons (Fsp3) is 0.368. The Balaban J connectivity index is 1.80. The second-order valence-electron chi connectivity index (χ2n) is 6.80. The van der Waals surface area contributed by atoms with Crippen molar-refractivity contribution in [2.24, 2.45) is 0 Å². The number of alkyl halides is 3. The van der Waals surface area contributed by atoms with Crippen molar-refractivity contribution in [2.75, 3.05) is 50.0 Å². The van der Waals surface area contributed by atoms with Gasteiger partial charge in [-0.25, -0.2) is 8.42 Å². The molecule has 1 N–H and O–H groups in total. The van der Waals surface area contributed by atoms with Gasteiger partial charge in [0.05, 0.1) is 23.4 Å². The van der Waals surface area contributed by atoms with Gasteiger partial charge in [-0.15, -0.1) is 13.2 Å². The number of hydrogen-bond acceptors (Lipinski definition) is 6. The molecule has 0 aliphatic carbocycles. The summed E-state index contributed by atoms with van der Waals surface area (Å²) in [5.74, 6) is 0.124. The number of methoxy groups -OCH3 is 1. The van der Waals surface area contributed by atoms with Gasteiger partial charge >= 0.3 is 6.36 Å². The van der Waals surface area contributed by atoms with Crippen molar-refractivity contribution in [3.8, 4) is 11.5 Å². The first-order chi connectivity index (χ1) is 14.1. The minimum Gasteiger partial charge on any atom is -0.495 e. The highest BCUT2D eigenvalue weighted by Crippen LogP contribution is 2.33. The number of hydrogen-bond donors (Lipinski definition) is 1. The molecule has 0 spiro atoms. The summed E-state index contributed by atoms with van der Waals surface area (Å²) in [7, 11) is -0.427. The number of anilines is 2.